The van der Waals surface area contributed by atoms with E-state index < -0.39 is 5.82 Å². The second-order valence-corrected chi connectivity index (χ2v) is 6.27. The van der Waals surface area contributed by atoms with E-state index in [4.69, 9.17) is 5.73 Å². The number of nitrogens with zero attached hydrogens (tertiary/aromatic N) is 3. The Morgan fingerprint density at radius 3 is 1.84 bits per heavy atom. The lowest BCUT2D eigenvalue weighted by Crippen LogP contribution is -2.15. The molecule has 0 fully saturated rings. The molecule has 0 saturated carbocycles. The molecular weight excluding hydrogens is 315 g/mol. The van der Waals surface area contributed by atoms with Gasteiger partial charge in [0.1, 0.15) is 0 Å². The fourth-order valence-electron chi connectivity index (χ4n) is 2.65. The number of aryl methyl sites for hydroxylation is 4. The zero-order valence-electron chi connectivity index (χ0n) is 14.8. The normalized spacial score (nSPS) is 10.8. The highest BCUT2D eigenvalue weighted by molar-refractivity contribution is 5.76. The van der Waals surface area contributed by atoms with Crippen LogP contribution in [0.15, 0.2) is 42.6 Å². The molecule has 0 saturated heterocycles. The Balaban J connectivity index is 2.25. The average Bonchev–Trinajstić information content (AvgIpc) is 2.57. The molecule has 0 radical (unpaired) electrons. The van der Waals surface area contributed by atoms with Gasteiger partial charge in [-0.1, -0.05) is 12.1 Å². The van der Waals surface area contributed by atoms with Crippen molar-refractivity contribution in [2.75, 3.05) is 10.6 Å². The van der Waals surface area contributed by atoms with Gasteiger partial charge in [-0.05, 0) is 74.2 Å². The first-order chi connectivity index (χ1) is 11.9. The van der Waals surface area contributed by atoms with Gasteiger partial charge in [0.2, 0.25) is 5.95 Å². The highest BCUT2D eigenvalue weighted by Crippen LogP contribution is 2.36. The van der Waals surface area contributed by atoms with E-state index in [2.05, 4.69) is 9.97 Å². The lowest BCUT2D eigenvalue weighted by molar-refractivity contribution is 0.616. The summed E-state index contributed by atoms with van der Waals surface area (Å²) in [6, 6.07) is 12.0. The second kappa shape index (κ2) is 6.51. The second-order valence-electron chi connectivity index (χ2n) is 6.27. The molecule has 0 amide bonds. The monoisotopic (exact) mass is 336 g/mol. The molecule has 3 aromatic rings. The van der Waals surface area contributed by atoms with Gasteiger partial charge in [0.15, 0.2) is 11.6 Å². The molecule has 0 atom stereocenters. The Morgan fingerprint density at radius 2 is 1.36 bits per heavy atom. The van der Waals surface area contributed by atoms with Crippen LogP contribution < -0.4 is 10.6 Å². The van der Waals surface area contributed by atoms with Gasteiger partial charge in [0.25, 0.3) is 0 Å². The van der Waals surface area contributed by atoms with Gasteiger partial charge in [0.05, 0.1) is 6.20 Å². The first-order valence-corrected chi connectivity index (χ1v) is 8.09. The number of halogens is 1. The molecule has 25 heavy (non-hydrogen) atoms. The molecular formula is C20H21FN4. The van der Waals surface area contributed by atoms with Crippen molar-refractivity contribution in [3.05, 3.63) is 70.7 Å². The summed E-state index contributed by atoms with van der Waals surface area (Å²) < 4.78 is 14.5. The number of nitrogen functional groups attached to an aromatic ring is 1. The predicted molar refractivity (Wildman–Crippen MR) is 100 cm³/mol. The maximum absolute atomic E-state index is 14.5. The maximum Gasteiger partial charge on any atom is 0.222 e. The summed E-state index contributed by atoms with van der Waals surface area (Å²) in [7, 11) is 0. The highest BCUT2D eigenvalue weighted by Gasteiger charge is 2.19. The molecule has 0 aliphatic heterocycles. The SMILES string of the molecule is Cc1ccc(N(c2ccc(C)c(C)c2)c2nc(N)ncc2F)cc1C. The van der Waals surface area contributed by atoms with Crippen LogP contribution in [0.1, 0.15) is 22.3 Å². The molecule has 1 heterocycles. The molecule has 0 aliphatic carbocycles. The number of hydrogen-bond acceptors (Lipinski definition) is 4. The van der Waals surface area contributed by atoms with Gasteiger partial charge in [-0.25, -0.2) is 9.37 Å². The number of benzene rings is 2. The third-order valence-electron chi connectivity index (χ3n) is 4.45. The summed E-state index contributed by atoms with van der Waals surface area (Å²) in [4.78, 5) is 9.66. The van der Waals surface area contributed by atoms with E-state index in [9.17, 15) is 4.39 Å². The van der Waals surface area contributed by atoms with Crippen LogP contribution in [-0.2, 0) is 0 Å². The van der Waals surface area contributed by atoms with Crippen molar-refractivity contribution >= 4 is 23.1 Å². The van der Waals surface area contributed by atoms with E-state index in [1.54, 1.807) is 4.90 Å². The van der Waals surface area contributed by atoms with Crippen molar-refractivity contribution in [1.82, 2.24) is 9.97 Å². The van der Waals surface area contributed by atoms with E-state index in [1.165, 1.54) is 11.1 Å². The molecule has 2 aromatic carbocycles. The number of hydrogen-bond donors (Lipinski definition) is 1. The summed E-state index contributed by atoms with van der Waals surface area (Å²) in [6.45, 7) is 8.15. The fourth-order valence-corrected chi connectivity index (χ4v) is 2.65. The van der Waals surface area contributed by atoms with Crippen molar-refractivity contribution in [3.8, 4) is 0 Å². The van der Waals surface area contributed by atoms with Gasteiger partial charge in [0, 0.05) is 11.4 Å². The van der Waals surface area contributed by atoms with Crippen molar-refractivity contribution in [1.29, 1.82) is 0 Å². The Morgan fingerprint density at radius 1 is 0.840 bits per heavy atom. The Labute approximate surface area is 147 Å². The fraction of sp³-hybridized carbons (Fsp3) is 0.200. The summed E-state index contributed by atoms with van der Waals surface area (Å²) in [5.41, 5.74) is 11.9. The van der Waals surface area contributed by atoms with Gasteiger partial charge in [-0.3, -0.25) is 4.90 Å². The molecule has 4 nitrogen and oxygen atoms in total. The first-order valence-electron chi connectivity index (χ1n) is 8.09. The van der Waals surface area contributed by atoms with Crippen molar-refractivity contribution in [3.63, 3.8) is 0 Å². The smallest absolute Gasteiger partial charge is 0.222 e. The van der Waals surface area contributed by atoms with Crippen LogP contribution in [0.3, 0.4) is 0 Å². The van der Waals surface area contributed by atoms with Crippen molar-refractivity contribution in [2.24, 2.45) is 0 Å². The van der Waals surface area contributed by atoms with E-state index in [0.29, 0.717) is 0 Å². The predicted octanol–water partition coefficient (Wildman–Crippen LogP) is 4.90. The topological polar surface area (TPSA) is 55.0 Å². The molecule has 2 N–H and O–H groups in total. The molecule has 0 spiro atoms. The lowest BCUT2D eigenvalue weighted by atomic mass is 10.1. The quantitative estimate of drug-likeness (QED) is 0.739. The van der Waals surface area contributed by atoms with E-state index >= 15 is 0 Å². The van der Waals surface area contributed by atoms with Gasteiger partial charge >= 0.3 is 0 Å². The van der Waals surface area contributed by atoms with Crippen LogP contribution >= 0.6 is 0 Å². The summed E-state index contributed by atoms with van der Waals surface area (Å²) in [5.74, 6) is -0.348. The van der Waals surface area contributed by atoms with Crippen LogP contribution in [0, 0.1) is 33.5 Å². The van der Waals surface area contributed by atoms with Crippen LogP contribution in [0.25, 0.3) is 0 Å². The average molecular weight is 336 g/mol. The Bertz CT molecular complexity index is 885. The lowest BCUT2D eigenvalue weighted by Gasteiger charge is -2.26. The third kappa shape index (κ3) is 3.31. The molecule has 128 valence electrons. The molecule has 0 aliphatic rings. The first kappa shape index (κ1) is 16.9. The molecule has 5 heteroatoms. The molecule has 3 rings (SSSR count). The number of nitrogens with two attached hydrogens (primary N) is 1. The Kier molecular flexibility index (Phi) is 4.40. The van der Waals surface area contributed by atoms with Crippen LogP contribution in [0.4, 0.5) is 27.5 Å². The summed E-state index contributed by atoms with van der Waals surface area (Å²) in [6.07, 6.45) is 1.10. The van der Waals surface area contributed by atoms with Gasteiger partial charge in [-0.15, -0.1) is 0 Å². The van der Waals surface area contributed by atoms with E-state index in [-0.39, 0.29) is 11.8 Å². The zero-order valence-corrected chi connectivity index (χ0v) is 14.8. The number of aromatic nitrogens is 2. The standard InChI is InChI=1S/C20H21FN4/c1-12-5-7-16(9-14(12)3)25(17-8-6-13(2)15(4)10-17)19-18(21)11-23-20(22)24-19/h5-11H,1-4H3,(H2,22,23,24). The van der Waals surface area contributed by atoms with Crippen molar-refractivity contribution < 1.29 is 4.39 Å². The zero-order chi connectivity index (χ0) is 18.1. The van der Waals surface area contributed by atoms with Crippen LogP contribution in [0.5, 0.6) is 0 Å². The molecule has 1 aromatic heterocycles. The summed E-state index contributed by atoms with van der Waals surface area (Å²) >= 11 is 0. The maximum atomic E-state index is 14.5. The van der Waals surface area contributed by atoms with Gasteiger partial charge < -0.3 is 5.73 Å². The van der Waals surface area contributed by atoms with Crippen LogP contribution in [0.2, 0.25) is 0 Å². The Hall–Kier alpha value is -2.95. The van der Waals surface area contributed by atoms with Gasteiger partial charge in [-0.2, -0.15) is 4.98 Å². The molecule has 0 bridgehead atoms. The largest absolute Gasteiger partial charge is 0.368 e. The number of anilines is 4. The van der Waals surface area contributed by atoms with E-state index in [0.717, 1.165) is 28.7 Å². The highest BCUT2D eigenvalue weighted by atomic mass is 19.1. The van der Waals surface area contributed by atoms with E-state index in [1.807, 2.05) is 64.1 Å². The minimum atomic E-state index is -0.523. The molecule has 0 unspecified atom stereocenters. The third-order valence-corrected chi connectivity index (χ3v) is 4.45. The van der Waals surface area contributed by atoms with Crippen molar-refractivity contribution in [2.45, 2.75) is 27.7 Å². The summed E-state index contributed by atoms with van der Waals surface area (Å²) in [5, 5.41) is 0. The minimum Gasteiger partial charge on any atom is -0.368 e. The number of rotatable bonds is 3. The minimum absolute atomic E-state index is 0.0362. The van der Waals surface area contributed by atoms with Crippen LogP contribution in [-0.4, -0.2) is 9.97 Å².